The highest BCUT2D eigenvalue weighted by Crippen LogP contribution is 2.15. The first-order valence-corrected chi connectivity index (χ1v) is 5.58. The molecule has 0 aromatic heterocycles. The summed E-state index contributed by atoms with van der Waals surface area (Å²) in [6.45, 7) is 6.34. The van der Waals surface area contributed by atoms with Crippen LogP contribution in [0.2, 0.25) is 0 Å². The van der Waals surface area contributed by atoms with Crippen molar-refractivity contribution in [2.75, 3.05) is 7.05 Å². The summed E-state index contributed by atoms with van der Waals surface area (Å²) in [7, 11) is 1.98. The van der Waals surface area contributed by atoms with Crippen molar-refractivity contribution in [3.8, 4) is 5.75 Å². The first-order chi connectivity index (χ1) is 7.17. The molecule has 0 saturated heterocycles. The number of benzene rings is 1. The van der Waals surface area contributed by atoms with Gasteiger partial charge < -0.3 is 10.1 Å². The van der Waals surface area contributed by atoms with Gasteiger partial charge in [-0.05, 0) is 45.0 Å². The zero-order chi connectivity index (χ0) is 11.3. The van der Waals surface area contributed by atoms with Crippen LogP contribution in [0, 0.1) is 6.92 Å². The van der Waals surface area contributed by atoms with Crippen molar-refractivity contribution in [2.45, 2.75) is 39.3 Å². The molecule has 0 saturated carbocycles. The second-order valence-corrected chi connectivity index (χ2v) is 3.94. The summed E-state index contributed by atoms with van der Waals surface area (Å²) in [6, 6.07) is 8.58. The van der Waals surface area contributed by atoms with Crippen LogP contribution in [-0.4, -0.2) is 19.2 Å². The van der Waals surface area contributed by atoms with E-state index in [0.717, 1.165) is 12.2 Å². The molecule has 2 atom stereocenters. The van der Waals surface area contributed by atoms with Crippen molar-refractivity contribution in [2.24, 2.45) is 0 Å². The zero-order valence-corrected chi connectivity index (χ0v) is 10.1. The molecule has 2 unspecified atom stereocenters. The number of nitrogens with one attached hydrogen (secondary N) is 1. The smallest absolute Gasteiger partial charge is 0.120 e. The Balaban J connectivity index is 2.61. The maximum absolute atomic E-state index is 5.88. The first-order valence-electron chi connectivity index (χ1n) is 5.58. The molecule has 1 rings (SSSR count). The largest absolute Gasteiger partial charge is 0.489 e. The second kappa shape index (κ2) is 5.76. The van der Waals surface area contributed by atoms with Gasteiger partial charge in [0.1, 0.15) is 11.9 Å². The molecule has 0 bridgehead atoms. The third-order valence-corrected chi connectivity index (χ3v) is 2.69. The molecule has 0 radical (unpaired) electrons. The maximum Gasteiger partial charge on any atom is 0.120 e. The Bertz CT molecular complexity index is 294. The van der Waals surface area contributed by atoms with Crippen LogP contribution in [0.3, 0.4) is 0 Å². The lowest BCUT2D eigenvalue weighted by Crippen LogP contribution is -2.38. The molecule has 2 heteroatoms. The van der Waals surface area contributed by atoms with Gasteiger partial charge >= 0.3 is 0 Å². The topological polar surface area (TPSA) is 21.3 Å². The molecule has 0 amide bonds. The molecule has 15 heavy (non-hydrogen) atoms. The first kappa shape index (κ1) is 12.1. The van der Waals surface area contributed by atoms with Crippen LogP contribution in [0.1, 0.15) is 25.8 Å². The molecule has 0 spiro atoms. The molecule has 1 N–H and O–H groups in total. The Morgan fingerprint density at radius 2 is 2.13 bits per heavy atom. The average Bonchev–Trinajstić information content (AvgIpc) is 2.19. The van der Waals surface area contributed by atoms with Gasteiger partial charge in [-0.25, -0.2) is 0 Å². The normalized spacial score (nSPS) is 14.7. The summed E-state index contributed by atoms with van der Waals surface area (Å²) in [5, 5.41) is 3.26. The summed E-state index contributed by atoms with van der Waals surface area (Å²) < 4.78 is 5.88. The Labute approximate surface area is 92.6 Å². The van der Waals surface area contributed by atoms with E-state index >= 15 is 0 Å². The van der Waals surface area contributed by atoms with Gasteiger partial charge in [0.05, 0.1) is 0 Å². The highest BCUT2D eigenvalue weighted by Gasteiger charge is 2.14. The fourth-order valence-corrected chi connectivity index (χ4v) is 1.76. The zero-order valence-electron chi connectivity index (χ0n) is 10.1. The van der Waals surface area contributed by atoms with Crippen LogP contribution in [0.5, 0.6) is 5.75 Å². The second-order valence-electron chi connectivity index (χ2n) is 3.94. The molecule has 0 aliphatic carbocycles. The van der Waals surface area contributed by atoms with Gasteiger partial charge in [0.2, 0.25) is 0 Å². The lowest BCUT2D eigenvalue weighted by molar-refractivity contribution is 0.172. The standard InChI is InChI=1S/C13H21NO/c1-5-13(14-4)11(3)15-12-8-6-7-10(2)9-12/h6-9,11,13-14H,5H2,1-4H3. The van der Waals surface area contributed by atoms with Crippen LogP contribution >= 0.6 is 0 Å². The minimum absolute atomic E-state index is 0.196. The van der Waals surface area contributed by atoms with Gasteiger partial charge in [-0.15, -0.1) is 0 Å². The SMILES string of the molecule is CCC(NC)C(C)Oc1cccc(C)c1. The van der Waals surface area contributed by atoms with Crippen LogP contribution < -0.4 is 10.1 Å². The van der Waals surface area contributed by atoms with E-state index in [1.54, 1.807) is 0 Å². The Kier molecular flexibility index (Phi) is 4.63. The lowest BCUT2D eigenvalue weighted by atomic mass is 10.1. The van der Waals surface area contributed by atoms with E-state index in [1.807, 2.05) is 19.2 Å². The molecule has 1 aromatic carbocycles. The monoisotopic (exact) mass is 207 g/mol. The highest BCUT2D eigenvalue weighted by atomic mass is 16.5. The maximum atomic E-state index is 5.88. The molecule has 0 heterocycles. The minimum Gasteiger partial charge on any atom is -0.489 e. The highest BCUT2D eigenvalue weighted by molar-refractivity contribution is 5.27. The summed E-state index contributed by atoms with van der Waals surface area (Å²) in [5.41, 5.74) is 1.23. The van der Waals surface area contributed by atoms with Crippen molar-refractivity contribution in [1.29, 1.82) is 0 Å². The van der Waals surface area contributed by atoms with Crippen LogP contribution in [0.25, 0.3) is 0 Å². The molecule has 1 aromatic rings. The Hall–Kier alpha value is -1.02. The van der Waals surface area contributed by atoms with Crippen LogP contribution in [-0.2, 0) is 0 Å². The predicted molar refractivity (Wildman–Crippen MR) is 64.4 cm³/mol. The Morgan fingerprint density at radius 3 is 2.67 bits per heavy atom. The summed E-state index contributed by atoms with van der Waals surface area (Å²) in [6.07, 6.45) is 1.27. The van der Waals surface area contributed by atoms with Crippen molar-refractivity contribution < 1.29 is 4.74 Å². The number of hydrogen-bond donors (Lipinski definition) is 1. The fourth-order valence-electron chi connectivity index (χ4n) is 1.76. The van der Waals surface area contributed by atoms with Gasteiger partial charge in [0, 0.05) is 6.04 Å². The van der Waals surface area contributed by atoms with Crippen molar-refractivity contribution >= 4 is 0 Å². The molecule has 84 valence electrons. The van der Waals surface area contributed by atoms with E-state index in [2.05, 4.69) is 38.2 Å². The average molecular weight is 207 g/mol. The quantitative estimate of drug-likeness (QED) is 0.801. The summed E-state index contributed by atoms with van der Waals surface area (Å²) in [5.74, 6) is 0.955. The third kappa shape index (κ3) is 3.56. The lowest BCUT2D eigenvalue weighted by Gasteiger charge is -2.23. The molecule has 0 aliphatic heterocycles. The van der Waals surface area contributed by atoms with Crippen molar-refractivity contribution in [3.63, 3.8) is 0 Å². The van der Waals surface area contributed by atoms with Gasteiger partial charge in [-0.3, -0.25) is 0 Å². The van der Waals surface area contributed by atoms with E-state index in [1.165, 1.54) is 5.56 Å². The molecule has 0 aliphatic rings. The number of likely N-dealkylation sites (N-methyl/N-ethyl adjacent to an activating group) is 1. The third-order valence-electron chi connectivity index (χ3n) is 2.69. The van der Waals surface area contributed by atoms with Gasteiger partial charge in [-0.2, -0.15) is 0 Å². The van der Waals surface area contributed by atoms with Crippen molar-refractivity contribution in [1.82, 2.24) is 5.32 Å². The minimum atomic E-state index is 0.196. The van der Waals surface area contributed by atoms with E-state index < -0.39 is 0 Å². The number of ether oxygens (including phenoxy) is 1. The number of hydrogen-bond acceptors (Lipinski definition) is 2. The Morgan fingerprint density at radius 1 is 1.40 bits per heavy atom. The predicted octanol–water partition coefficient (Wildman–Crippen LogP) is 2.76. The molecule has 2 nitrogen and oxygen atoms in total. The van der Waals surface area contributed by atoms with Gasteiger partial charge in [0.25, 0.3) is 0 Å². The molecule has 0 fully saturated rings. The van der Waals surface area contributed by atoms with Crippen LogP contribution in [0.15, 0.2) is 24.3 Å². The van der Waals surface area contributed by atoms with Crippen LogP contribution in [0.4, 0.5) is 0 Å². The summed E-state index contributed by atoms with van der Waals surface area (Å²) in [4.78, 5) is 0. The van der Waals surface area contributed by atoms with E-state index in [-0.39, 0.29) is 6.10 Å². The number of aryl methyl sites for hydroxylation is 1. The fraction of sp³-hybridized carbons (Fsp3) is 0.538. The van der Waals surface area contributed by atoms with Crippen molar-refractivity contribution in [3.05, 3.63) is 29.8 Å². The van der Waals surface area contributed by atoms with Gasteiger partial charge in [-0.1, -0.05) is 19.1 Å². The number of rotatable bonds is 5. The van der Waals surface area contributed by atoms with Gasteiger partial charge in [0.15, 0.2) is 0 Å². The molecular formula is C13H21NO. The van der Waals surface area contributed by atoms with E-state index in [9.17, 15) is 0 Å². The van der Waals surface area contributed by atoms with E-state index in [4.69, 9.17) is 4.74 Å². The molecular weight excluding hydrogens is 186 g/mol. The summed E-state index contributed by atoms with van der Waals surface area (Å²) >= 11 is 0. The van der Waals surface area contributed by atoms with E-state index in [0.29, 0.717) is 6.04 Å².